The van der Waals surface area contributed by atoms with Crippen molar-refractivity contribution >= 4 is 23.5 Å². The number of hydrogen-bond acceptors (Lipinski definition) is 3. The fourth-order valence-electron chi connectivity index (χ4n) is 1.91. The summed E-state index contributed by atoms with van der Waals surface area (Å²) in [5, 5.41) is 4.47. The Hall–Kier alpha value is -2.21. The van der Waals surface area contributed by atoms with Crippen molar-refractivity contribution in [3.05, 3.63) is 58.6 Å². The van der Waals surface area contributed by atoms with Crippen LogP contribution in [-0.4, -0.2) is 12.3 Å². The molecular formula is C18H18ClF3N2O. The number of nitrogens with one attached hydrogen (secondary N) is 1. The van der Waals surface area contributed by atoms with Crippen molar-refractivity contribution < 1.29 is 17.9 Å². The van der Waals surface area contributed by atoms with Crippen LogP contribution in [0.1, 0.15) is 31.4 Å². The van der Waals surface area contributed by atoms with Crippen molar-refractivity contribution in [3.63, 3.8) is 0 Å². The zero-order chi connectivity index (χ0) is 18.4. The molecule has 0 fully saturated rings. The van der Waals surface area contributed by atoms with Crippen LogP contribution in [0, 0.1) is 0 Å². The van der Waals surface area contributed by atoms with Gasteiger partial charge >= 0.3 is 6.18 Å². The van der Waals surface area contributed by atoms with Crippen LogP contribution in [0.15, 0.2) is 47.6 Å². The molecule has 1 N–H and O–H groups in total. The molecule has 0 amide bonds. The second kappa shape index (κ2) is 8.25. The van der Waals surface area contributed by atoms with E-state index in [1.165, 1.54) is 18.3 Å². The second-order valence-corrected chi connectivity index (χ2v) is 5.88. The number of ether oxygens (including phenoxy) is 1. The highest BCUT2D eigenvalue weighted by Gasteiger charge is 2.29. The first-order valence-corrected chi connectivity index (χ1v) is 8.10. The lowest BCUT2D eigenvalue weighted by Gasteiger charge is -2.13. The van der Waals surface area contributed by atoms with E-state index in [2.05, 4.69) is 10.5 Å². The van der Waals surface area contributed by atoms with Crippen molar-refractivity contribution in [2.24, 2.45) is 5.10 Å². The lowest BCUT2D eigenvalue weighted by Crippen LogP contribution is -2.10. The summed E-state index contributed by atoms with van der Waals surface area (Å²) in [4.78, 5) is 0. The molecule has 0 heterocycles. The molecule has 2 aromatic carbocycles. The maximum atomic E-state index is 12.5. The van der Waals surface area contributed by atoms with Gasteiger partial charge in [-0.3, -0.25) is 5.43 Å². The van der Waals surface area contributed by atoms with Crippen LogP contribution in [-0.2, 0) is 6.18 Å². The quantitative estimate of drug-likeness (QED) is 0.501. The van der Waals surface area contributed by atoms with Gasteiger partial charge in [-0.15, -0.1) is 0 Å². The number of rotatable bonds is 6. The van der Waals surface area contributed by atoms with E-state index in [0.29, 0.717) is 16.5 Å². The van der Waals surface area contributed by atoms with Crippen LogP contribution < -0.4 is 10.2 Å². The van der Waals surface area contributed by atoms with E-state index in [0.717, 1.165) is 24.1 Å². The molecule has 2 aromatic rings. The number of hydrazone groups is 1. The van der Waals surface area contributed by atoms with E-state index in [-0.39, 0.29) is 6.10 Å². The highest BCUT2D eigenvalue weighted by atomic mass is 35.5. The summed E-state index contributed by atoms with van der Waals surface area (Å²) in [7, 11) is 0. The Morgan fingerprint density at radius 2 is 1.88 bits per heavy atom. The van der Waals surface area contributed by atoms with Crippen molar-refractivity contribution in [2.45, 2.75) is 32.5 Å². The summed E-state index contributed by atoms with van der Waals surface area (Å²) >= 11 is 6.17. The average Bonchev–Trinajstić information content (AvgIpc) is 2.57. The third-order valence-corrected chi connectivity index (χ3v) is 3.77. The normalized spacial score (nSPS) is 13.0. The van der Waals surface area contributed by atoms with E-state index in [9.17, 15) is 13.2 Å². The van der Waals surface area contributed by atoms with Gasteiger partial charge in [0.1, 0.15) is 5.75 Å². The summed E-state index contributed by atoms with van der Waals surface area (Å²) in [5.74, 6) is 0.601. The molecule has 3 nitrogen and oxygen atoms in total. The van der Waals surface area contributed by atoms with Crippen molar-refractivity contribution in [1.29, 1.82) is 0 Å². The first kappa shape index (κ1) is 19.1. The largest absolute Gasteiger partial charge is 0.489 e. The van der Waals surface area contributed by atoms with E-state index in [4.69, 9.17) is 16.3 Å². The standard InChI is InChI=1S/C18H18ClF3N2O/c1-3-12(2)25-17-9-4-13(10-16(17)19)11-23-24-15-7-5-14(6-8-15)18(20,21)22/h4-12,24H,3H2,1-2H3/b23-11+/t12-/m1/s1. The van der Waals surface area contributed by atoms with E-state index >= 15 is 0 Å². The molecule has 25 heavy (non-hydrogen) atoms. The second-order valence-electron chi connectivity index (χ2n) is 5.47. The minimum atomic E-state index is -4.35. The van der Waals surface area contributed by atoms with Gasteiger partial charge in [0.2, 0.25) is 0 Å². The van der Waals surface area contributed by atoms with Crippen LogP contribution in [0.25, 0.3) is 0 Å². The molecule has 134 valence electrons. The number of hydrogen-bond donors (Lipinski definition) is 1. The molecule has 0 unspecified atom stereocenters. The van der Waals surface area contributed by atoms with Crippen LogP contribution in [0.3, 0.4) is 0 Å². The smallest absolute Gasteiger partial charge is 0.416 e. The van der Waals surface area contributed by atoms with E-state index < -0.39 is 11.7 Å². The van der Waals surface area contributed by atoms with Gasteiger partial charge in [0, 0.05) is 0 Å². The Balaban J connectivity index is 1.99. The molecule has 0 aromatic heterocycles. The van der Waals surface area contributed by atoms with Crippen molar-refractivity contribution in [1.82, 2.24) is 0 Å². The predicted molar refractivity (Wildman–Crippen MR) is 94.5 cm³/mol. The van der Waals surface area contributed by atoms with Gasteiger partial charge in [-0.2, -0.15) is 18.3 Å². The first-order valence-electron chi connectivity index (χ1n) is 7.72. The minimum Gasteiger partial charge on any atom is -0.489 e. The minimum absolute atomic E-state index is 0.0679. The van der Waals surface area contributed by atoms with Gasteiger partial charge in [0.25, 0.3) is 0 Å². The van der Waals surface area contributed by atoms with Crippen LogP contribution in [0.5, 0.6) is 5.75 Å². The van der Waals surface area contributed by atoms with Crippen LogP contribution in [0.4, 0.5) is 18.9 Å². The maximum absolute atomic E-state index is 12.5. The highest BCUT2D eigenvalue weighted by Crippen LogP contribution is 2.30. The Bertz CT molecular complexity index is 730. The lowest BCUT2D eigenvalue weighted by molar-refractivity contribution is -0.137. The van der Waals surface area contributed by atoms with E-state index in [1.807, 2.05) is 13.8 Å². The summed E-state index contributed by atoms with van der Waals surface area (Å²) in [6.45, 7) is 3.98. The third kappa shape index (κ3) is 5.67. The lowest BCUT2D eigenvalue weighted by atomic mass is 10.2. The molecule has 0 saturated carbocycles. The molecule has 0 saturated heterocycles. The fourth-order valence-corrected chi connectivity index (χ4v) is 2.14. The zero-order valence-corrected chi connectivity index (χ0v) is 14.5. The molecule has 2 rings (SSSR count). The molecule has 0 radical (unpaired) electrons. The molecule has 0 spiro atoms. The SMILES string of the molecule is CC[C@@H](C)Oc1ccc(/C=N/Nc2ccc(C(F)(F)F)cc2)cc1Cl. The molecule has 0 aliphatic carbocycles. The number of benzene rings is 2. The van der Waals surface area contributed by atoms with Crippen LogP contribution in [0.2, 0.25) is 5.02 Å². The average molecular weight is 371 g/mol. The van der Waals surface area contributed by atoms with Gasteiger partial charge in [0.15, 0.2) is 0 Å². The van der Waals surface area contributed by atoms with Crippen molar-refractivity contribution in [2.75, 3.05) is 5.43 Å². The Kier molecular flexibility index (Phi) is 6.31. The molecule has 7 heteroatoms. The zero-order valence-electron chi connectivity index (χ0n) is 13.8. The van der Waals surface area contributed by atoms with Gasteiger partial charge in [-0.05, 0) is 61.4 Å². The van der Waals surface area contributed by atoms with Gasteiger partial charge in [-0.25, -0.2) is 0 Å². The van der Waals surface area contributed by atoms with Crippen molar-refractivity contribution in [3.8, 4) is 5.75 Å². The van der Waals surface area contributed by atoms with Crippen LogP contribution >= 0.6 is 11.6 Å². The number of anilines is 1. The summed E-state index contributed by atoms with van der Waals surface area (Å²) in [6.07, 6.45) is -1.89. The Labute approximate surface area is 149 Å². The van der Waals surface area contributed by atoms with E-state index in [1.54, 1.807) is 18.2 Å². The summed E-state index contributed by atoms with van der Waals surface area (Å²) in [6, 6.07) is 9.88. The first-order chi connectivity index (χ1) is 11.8. The van der Waals surface area contributed by atoms with Gasteiger partial charge in [0.05, 0.1) is 28.6 Å². The third-order valence-electron chi connectivity index (χ3n) is 3.48. The molecule has 0 bridgehead atoms. The monoisotopic (exact) mass is 370 g/mol. The number of nitrogens with zero attached hydrogens (tertiary/aromatic N) is 1. The Morgan fingerprint density at radius 3 is 2.44 bits per heavy atom. The number of alkyl halides is 3. The van der Waals surface area contributed by atoms with Gasteiger partial charge < -0.3 is 4.74 Å². The highest BCUT2D eigenvalue weighted by molar-refractivity contribution is 6.32. The summed E-state index contributed by atoms with van der Waals surface area (Å²) < 4.78 is 43.2. The summed E-state index contributed by atoms with van der Waals surface area (Å²) in [5.41, 5.74) is 3.16. The van der Waals surface area contributed by atoms with Gasteiger partial charge in [-0.1, -0.05) is 18.5 Å². The topological polar surface area (TPSA) is 33.6 Å². The fraction of sp³-hybridized carbons (Fsp3) is 0.278. The predicted octanol–water partition coefficient (Wildman–Crippen LogP) is 5.98. The number of halogens is 4. The molecular weight excluding hydrogens is 353 g/mol. The molecule has 0 aliphatic heterocycles. The Morgan fingerprint density at radius 1 is 1.20 bits per heavy atom. The molecule has 1 atom stereocenters. The molecule has 0 aliphatic rings. The maximum Gasteiger partial charge on any atom is 0.416 e.